The molecule has 1 aliphatic heterocycles. The molecule has 0 saturated heterocycles. The van der Waals surface area contributed by atoms with E-state index in [4.69, 9.17) is 0 Å². The fourth-order valence-electron chi connectivity index (χ4n) is 2.13. The molecule has 0 fully saturated rings. The minimum Gasteiger partial charge on any atom is -0.288 e. The molecule has 0 aliphatic carbocycles. The molecule has 2 aromatic rings. The number of aryl methyl sites for hydroxylation is 1. The first-order chi connectivity index (χ1) is 8.79. The van der Waals surface area contributed by atoms with Gasteiger partial charge in [-0.15, -0.1) is 10.2 Å². The Kier molecular flexibility index (Phi) is 3.09. The van der Waals surface area contributed by atoms with Crippen LogP contribution in [0.15, 0.2) is 29.4 Å². The minimum absolute atomic E-state index is 0.884. The lowest BCUT2D eigenvalue weighted by atomic mass is 10.1. The third-order valence-corrected chi connectivity index (χ3v) is 4.32. The Morgan fingerprint density at radius 1 is 1.28 bits per heavy atom. The summed E-state index contributed by atoms with van der Waals surface area (Å²) in [5.74, 6) is 1.98. The molecular weight excluding hydrogens is 244 g/mol. The van der Waals surface area contributed by atoms with E-state index in [0.29, 0.717) is 0 Å². The molecule has 1 aromatic carbocycles. The predicted molar refractivity (Wildman–Crippen MR) is 73.3 cm³/mol. The van der Waals surface area contributed by atoms with Gasteiger partial charge in [0.25, 0.3) is 0 Å². The van der Waals surface area contributed by atoms with Gasteiger partial charge in [0.2, 0.25) is 0 Å². The van der Waals surface area contributed by atoms with Gasteiger partial charge in [0.15, 0.2) is 11.0 Å². The molecule has 0 N–H and O–H groups in total. The highest BCUT2D eigenvalue weighted by Gasteiger charge is 2.21. The number of benzene rings is 1. The highest BCUT2D eigenvalue weighted by molar-refractivity contribution is 7.99. The topological polar surface area (TPSA) is 34.0 Å². The summed E-state index contributed by atoms with van der Waals surface area (Å²) >= 11 is 1.76. The zero-order chi connectivity index (χ0) is 12.5. The average Bonchev–Trinajstić information content (AvgIpc) is 2.82. The first-order valence-electron chi connectivity index (χ1n) is 6.14. The van der Waals surface area contributed by atoms with Gasteiger partial charge in [0.1, 0.15) is 0 Å². The van der Waals surface area contributed by atoms with Crippen molar-refractivity contribution >= 4 is 11.8 Å². The van der Waals surface area contributed by atoms with Gasteiger partial charge in [-0.25, -0.2) is 0 Å². The fourth-order valence-corrected chi connectivity index (χ4v) is 3.09. The molecule has 18 heavy (non-hydrogen) atoms. The standard InChI is InChI=1S/C13H16N4S/c1-3-16-8-17-12(14-15-13(17)18-9-16)11-7-5-4-6-10(11)2/h4-7H,3,8-9H2,1-2H3. The van der Waals surface area contributed by atoms with Crippen molar-refractivity contribution in [2.45, 2.75) is 25.7 Å². The van der Waals surface area contributed by atoms with Crippen LogP contribution in [0.1, 0.15) is 12.5 Å². The zero-order valence-electron chi connectivity index (χ0n) is 10.6. The number of thioether (sulfide) groups is 1. The maximum absolute atomic E-state index is 4.36. The molecule has 1 aromatic heterocycles. The number of hydrogen-bond acceptors (Lipinski definition) is 4. The molecule has 0 unspecified atom stereocenters. The number of hydrogen-bond donors (Lipinski definition) is 0. The van der Waals surface area contributed by atoms with Gasteiger partial charge in [-0.3, -0.25) is 9.47 Å². The molecule has 0 saturated carbocycles. The second kappa shape index (κ2) is 4.74. The number of aromatic nitrogens is 3. The van der Waals surface area contributed by atoms with Crippen LogP contribution >= 0.6 is 11.8 Å². The fraction of sp³-hybridized carbons (Fsp3) is 0.385. The Morgan fingerprint density at radius 3 is 2.89 bits per heavy atom. The van der Waals surface area contributed by atoms with Crippen LogP contribution in [0.2, 0.25) is 0 Å². The SMILES string of the molecule is CCN1CSc2nnc(-c3ccccc3C)n2C1. The maximum atomic E-state index is 4.36. The van der Waals surface area contributed by atoms with Crippen molar-refractivity contribution in [3.8, 4) is 11.4 Å². The van der Waals surface area contributed by atoms with E-state index in [1.807, 2.05) is 0 Å². The van der Waals surface area contributed by atoms with E-state index in [2.05, 4.69) is 57.8 Å². The summed E-state index contributed by atoms with van der Waals surface area (Å²) in [7, 11) is 0. The summed E-state index contributed by atoms with van der Waals surface area (Å²) in [4.78, 5) is 2.38. The van der Waals surface area contributed by atoms with Crippen molar-refractivity contribution in [2.24, 2.45) is 0 Å². The Labute approximate surface area is 111 Å². The normalized spacial score (nSPS) is 15.7. The van der Waals surface area contributed by atoms with E-state index in [0.717, 1.165) is 30.1 Å². The monoisotopic (exact) mass is 260 g/mol. The van der Waals surface area contributed by atoms with Crippen molar-refractivity contribution in [2.75, 3.05) is 12.4 Å². The van der Waals surface area contributed by atoms with E-state index in [-0.39, 0.29) is 0 Å². The van der Waals surface area contributed by atoms with Crippen LogP contribution in [0.5, 0.6) is 0 Å². The summed E-state index contributed by atoms with van der Waals surface area (Å²) < 4.78 is 2.21. The summed E-state index contributed by atoms with van der Waals surface area (Å²) in [6.45, 7) is 6.24. The van der Waals surface area contributed by atoms with Crippen LogP contribution in [0.25, 0.3) is 11.4 Å². The molecule has 0 amide bonds. The van der Waals surface area contributed by atoms with Crippen molar-refractivity contribution in [3.05, 3.63) is 29.8 Å². The largest absolute Gasteiger partial charge is 0.288 e. The molecular formula is C13H16N4S. The van der Waals surface area contributed by atoms with E-state index >= 15 is 0 Å². The van der Waals surface area contributed by atoms with Gasteiger partial charge < -0.3 is 0 Å². The average molecular weight is 260 g/mol. The molecule has 1 aliphatic rings. The van der Waals surface area contributed by atoms with E-state index in [1.165, 1.54) is 11.1 Å². The first-order valence-corrected chi connectivity index (χ1v) is 7.12. The van der Waals surface area contributed by atoms with Gasteiger partial charge in [-0.1, -0.05) is 43.0 Å². The Bertz CT molecular complexity index is 564. The van der Waals surface area contributed by atoms with Crippen LogP contribution in [0, 0.1) is 6.92 Å². The molecule has 0 atom stereocenters. The number of rotatable bonds is 2. The summed E-state index contributed by atoms with van der Waals surface area (Å²) in [5, 5.41) is 9.68. The lowest BCUT2D eigenvalue weighted by molar-refractivity contribution is 0.252. The Morgan fingerprint density at radius 2 is 2.11 bits per heavy atom. The number of fused-ring (bicyclic) bond motifs is 1. The van der Waals surface area contributed by atoms with E-state index in [1.54, 1.807) is 11.8 Å². The second-order valence-electron chi connectivity index (χ2n) is 4.45. The zero-order valence-corrected chi connectivity index (χ0v) is 11.4. The molecule has 94 valence electrons. The first kappa shape index (κ1) is 11.7. The summed E-state index contributed by atoms with van der Waals surface area (Å²) in [6.07, 6.45) is 0. The van der Waals surface area contributed by atoms with Crippen molar-refractivity contribution in [3.63, 3.8) is 0 Å². The highest BCUT2D eigenvalue weighted by atomic mass is 32.2. The number of nitrogens with zero attached hydrogens (tertiary/aromatic N) is 4. The Balaban J connectivity index is 2.05. The second-order valence-corrected chi connectivity index (χ2v) is 5.36. The van der Waals surface area contributed by atoms with Crippen molar-refractivity contribution < 1.29 is 0 Å². The van der Waals surface area contributed by atoms with Crippen molar-refractivity contribution in [1.82, 2.24) is 19.7 Å². The predicted octanol–water partition coefficient (Wildman–Crippen LogP) is 2.60. The lowest BCUT2D eigenvalue weighted by Gasteiger charge is -2.26. The third kappa shape index (κ3) is 1.93. The molecule has 0 bridgehead atoms. The van der Waals surface area contributed by atoms with E-state index in [9.17, 15) is 0 Å². The lowest BCUT2D eigenvalue weighted by Crippen LogP contribution is -2.30. The van der Waals surface area contributed by atoms with Gasteiger partial charge in [-0.2, -0.15) is 0 Å². The van der Waals surface area contributed by atoms with Crippen LogP contribution in [-0.2, 0) is 6.67 Å². The maximum Gasteiger partial charge on any atom is 0.193 e. The van der Waals surface area contributed by atoms with Crippen LogP contribution in [0.3, 0.4) is 0 Å². The van der Waals surface area contributed by atoms with Gasteiger partial charge in [0.05, 0.1) is 12.5 Å². The smallest absolute Gasteiger partial charge is 0.193 e. The van der Waals surface area contributed by atoms with Gasteiger partial charge in [-0.05, 0) is 19.0 Å². The van der Waals surface area contributed by atoms with Crippen LogP contribution < -0.4 is 0 Å². The summed E-state index contributed by atoms with van der Waals surface area (Å²) in [5.41, 5.74) is 2.42. The third-order valence-electron chi connectivity index (χ3n) is 3.27. The molecule has 2 heterocycles. The molecule has 3 rings (SSSR count). The van der Waals surface area contributed by atoms with Gasteiger partial charge >= 0.3 is 0 Å². The quantitative estimate of drug-likeness (QED) is 0.831. The highest BCUT2D eigenvalue weighted by Crippen LogP contribution is 2.29. The molecule has 0 spiro atoms. The van der Waals surface area contributed by atoms with Crippen LogP contribution in [-0.4, -0.2) is 32.1 Å². The van der Waals surface area contributed by atoms with E-state index < -0.39 is 0 Å². The van der Waals surface area contributed by atoms with Crippen molar-refractivity contribution in [1.29, 1.82) is 0 Å². The Hall–Kier alpha value is -1.33. The van der Waals surface area contributed by atoms with Gasteiger partial charge in [0, 0.05) is 5.56 Å². The minimum atomic E-state index is 0.884. The molecule has 0 radical (unpaired) electrons. The van der Waals surface area contributed by atoms with Crippen LogP contribution in [0.4, 0.5) is 0 Å². The molecule has 4 nitrogen and oxygen atoms in total. The molecule has 5 heteroatoms. The summed E-state index contributed by atoms with van der Waals surface area (Å²) in [6, 6.07) is 8.34.